The van der Waals surface area contributed by atoms with Crippen molar-refractivity contribution in [1.29, 1.82) is 0 Å². The Morgan fingerprint density at radius 3 is 1.31 bits per heavy atom. The van der Waals surface area contributed by atoms with E-state index in [9.17, 15) is 0 Å². The van der Waals surface area contributed by atoms with E-state index in [-0.39, 0.29) is 0 Å². The summed E-state index contributed by atoms with van der Waals surface area (Å²) < 4.78 is 0. The smallest absolute Gasteiger partial charge is 0.00988 e. The van der Waals surface area contributed by atoms with Crippen molar-refractivity contribution in [2.45, 2.75) is 0 Å². The van der Waals surface area contributed by atoms with E-state index in [0.29, 0.717) is 0 Å². The van der Waals surface area contributed by atoms with Gasteiger partial charge in [-0.1, -0.05) is 152 Å². The van der Waals surface area contributed by atoms with Gasteiger partial charge in [-0.15, -0.1) is 0 Å². The SMILES string of the molecule is c1ccc(-c2cc(-c3ccccc3)cc(-c3cc(-c4cccc(-c5cc6ccccc6c6ccccc56)c4)cc4ccccc34)c2)cc1. The Morgan fingerprint density at radius 2 is 0.625 bits per heavy atom. The van der Waals surface area contributed by atoms with Gasteiger partial charge in [0.05, 0.1) is 0 Å². The van der Waals surface area contributed by atoms with Crippen LogP contribution in [0.15, 0.2) is 194 Å². The molecule has 0 heteroatoms. The molecule has 0 saturated heterocycles. The van der Waals surface area contributed by atoms with E-state index in [4.69, 9.17) is 0 Å². The molecule has 0 N–H and O–H groups in total. The van der Waals surface area contributed by atoms with E-state index < -0.39 is 0 Å². The highest BCUT2D eigenvalue weighted by molar-refractivity contribution is 6.14. The zero-order chi connectivity index (χ0) is 31.9. The van der Waals surface area contributed by atoms with Crippen LogP contribution in [0.1, 0.15) is 0 Å². The molecule has 0 amide bonds. The topological polar surface area (TPSA) is 0 Å². The molecule has 9 aromatic rings. The van der Waals surface area contributed by atoms with Crippen LogP contribution in [0.3, 0.4) is 0 Å². The molecule has 0 nitrogen and oxygen atoms in total. The summed E-state index contributed by atoms with van der Waals surface area (Å²) in [5.41, 5.74) is 12.2. The average molecular weight is 609 g/mol. The summed E-state index contributed by atoms with van der Waals surface area (Å²) in [5, 5.41) is 7.60. The molecule has 0 aromatic heterocycles. The first-order valence-corrected chi connectivity index (χ1v) is 16.6. The number of hydrogen-bond donors (Lipinski definition) is 0. The molecule has 48 heavy (non-hydrogen) atoms. The van der Waals surface area contributed by atoms with Crippen LogP contribution in [0.4, 0.5) is 0 Å². The van der Waals surface area contributed by atoms with Crippen molar-refractivity contribution >= 4 is 32.3 Å². The Bertz CT molecular complexity index is 2540. The van der Waals surface area contributed by atoms with Crippen molar-refractivity contribution in [3.05, 3.63) is 194 Å². The minimum absolute atomic E-state index is 1.21. The summed E-state index contributed by atoms with van der Waals surface area (Å²) in [5.74, 6) is 0. The Kier molecular flexibility index (Phi) is 6.91. The number of rotatable bonds is 5. The lowest BCUT2D eigenvalue weighted by Crippen LogP contribution is -1.90. The number of hydrogen-bond acceptors (Lipinski definition) is 0. The van der Waals surface area contributed by atoms with E-state index in [1.54, 1.807) is 0 Å². The van der Waals surface area contributed by atoms with Crippen molar-refractivity contribution in [1.82, 2.24) is 0 Å². The standard InChI is InChI=1S/C48H32/c1-3-14-33(15-4-1)39-28-40(34-16-5-2-6-17-34)30-42(29-39)48-32-41(27-36-18-7-10-23-44(36)48)35-20-13-21-37(26-35)47-31-38-19-8-9-22-43(38)45-24-11-12-25-46(45)47/h1-32H. The van der Waals surface area contributed by atoms with Gasteiger partial charge >= 0.3 is 0 Å². The van der Waals surface area contributed by atoms with Gasteiger partial charge in [0, 0.05) is 0 Å². The number of benzene rings is 9. The van der Waals surface area contributed by atoms with Crippen LogP contribution in [0, 0.1) is 0 Å². The van der Waals surface area contributed by atoms with Crippen molar-refractivity contribution < 1.29 is 0 Å². The van der Waals surface area contributed by atoms with Gasteiger partial charge in [-0.2, -0.15) is 0 Å². The van der Waals surface area contributed by atoms with Crippen molar-refractivity contribution in [3.63, 3.8) is 0 Å². The van der Waals surface area contributed by atoms with E-state index in [1.165, 1.54) is 88.0 Å². The fourth-order valence-electron chi connectivity index (χ4n) is 7.25. The average Bonchev–Trinajstić information content (AvgIpc) is 3.17. The lowest BCUT2D eigenvalue weighted by Gasteiger charge is -2.16. The zero-order valence-corrected chi connectivity index (χ0v) is 26.5. The van der Waals surface area contributed by atoms with Crippen molar-refractivity contribution in [2.24, 2.45) is 0 Å². The highest BCUT2D eigenvalue weighted by Crippen LogP contribution is 2.40. The largest absolute Gasteiger partial charge is 0.0622 e. The highest BCUT2D eigenvalue weighted by atomic mass is 14.2. The monoisotopic (exact) mass is 608 g/mol. The zero-order valence-electron chi connectivity index (χ0n) is 26.5. The first-order chi connectivity index (χ1) is 23.8. The van der Waals surface area contributed by atoms with Gasteiger partial charge < -0.3 is 0 Å². The molecular weight excluding hydrogens is 577 g/mol. The van der Waals surface area contributed by atoms with Crippen LogP contribution in [-0.4, -0.2) is 0 Å². The van der Waals surface area contributed by atoms with Gasteiger partial charge in [-0.05, 0) is 130 Å². The molecule has 0 radical (unpaired) electrons. The summed E-state index contributed by atoms with van der Waals surface area (Å²) in [7, 11) is 0. The fraction of sp³-hybridized carbons (Fsp3) is 0. The Morgan fingerprint density at radius 1 is 0.188 bits per heavy atom. The van der Waals surface area contributed by atoms with Gasteiger partial charge in [0.15, 0.2) is 0 Å². The van der Waals surface area contributed by atoms with Crippen LogP contribution in [0.5, 0.6) is 0 Å². The molecule has 0 spiro atoms. The van der Waals surface area contributed by atoms with Crippen LogP contribution in [0.2, 0.25) is 0 Å². The van der Waals surface area contributed by atoms with E-state index in [1.807, 2.05) is 0 Å². The van der Waals surface area contributed by atoms with E-state index in [2.05, 4.69) is 194 Å². The second-order valence-corrected chi connectivity index (χ2v) is 12.5. The minimum Gasteiger partial charge on any atom is -0.0622 e. The van der Waals surface area contributed by atoms with Crippen molar-refractivity contribution in [2.75, 3.05) is 0 Å². The normalized spacial score (nSPS) is 11.3. The van der Waals surface area contributed by atoms with Gasteiger partial charge in [-0.3, -0.25) is 0 Å². The summed E-state index contributed by atoms with van der Waals surface area (Å²) in [4.78, 5) is 0. The molecule has 0 aliphatic heterocycles. The second-order valence-electron chi connectivity index (χ2n) is 12.5. The third-order valence-electron chi connectivity index (χ3n) is 9.60. The molecule has 0 fully saturated rings. The summed E-state index contributed by atoms with van der Waals surface area (Å²) >= 11 is 0. The fourth-order valence-corrected chi connectivity index (χ4v) is 7.25. The quantitative estimate of drug-likeness (QED) is 0.171. The molecule has 0 bridgehead atoms. The molecule has 0 aliphatic carbocycles. The number of fused-ring (bicyclic) bond motifs is 4. The third-order valence-corrected chi connectivity index (χ3v) is 9.60. The van der Waals surface area contributed by atoms with Gasteiger partial charge in [0.2, 0.25) is 0 Å². The highest BCUT2D eigenvalue weighted by Gasteiger charge is 2.14. The molecule has 0 aliphatic rings. The van der Waals surface area contributed by atoms with Gasteiger partial charge in [0.1, 0.15) is 0 Å². The molecule has 224 valence electrons. The molecule has 9 rings (SSSR count). The maximum atomic E-state index is 2.39. The van der Waals surface area contributed by atoms with Crippen LogP contribution >= 0.6 is 0 Å². The van der Waals surface area contributed by atoms with Crippen molar-refractivity contribution in [3.8, 4) is 55.6 Å². The Labute approximate surface area is 281 Å². The summed E-state index contributed by atoms with van der Waals surface area (Å²) in [6, 6.07) is 70.9. The first-order valence-electron chi connectivity index (χ1n) is 16.6. The molecule has 9 aromatic carbocycles. The second kappa shape index (κ2) is 11.8. The van der Waals surface area contributed by atoms with Crippen LogP contribution in [-0.2, 0) is 0 Å². The van der Waals surface area contributed by atoms with Crippen LogP contribution in [0.25, 0.3) is 88.0 Å². The predicted molar refractivity (Wildman–Crippen MR) is 206 cm³/mol. The maximum absolute atomic E-state index is 2.39. The Hall–Kier alpha value is -6.24. The first kappa shape index (κ1) is 28.0. The summed E-state index contributed by atoms with van der Waals surface area (Å²) in [6.45, 7) is 0. The maximum Gasteiger partial charge on any atom is -0.00988 e. The molecule has 0 atom stereocenters. The molecule has 0 saturated carbocycles. The summed E-state index contributed by atoms with van der Waals surface area (Å²) in [6.07, 6.45) is 0. The third kappa shape index (κ3) is 5.05. The lowest BCUT2D eigenvalue weighted by molar-refractivity contribution is 1.57. The van der Waals surface area contributed by atoms with Gasteiger partial charge in [0.25, 0.3) is 0 Å². The lowest BCUT2D eigenvalue weighted by atomic mass is 9.88. The van der Waals surface area contributed by atoms with E-state index in [0.717, 1.165) is 0 Å². The molecule has 0 heterocycles. The minimum atomic E-state index is 1.21. The van der Waals surface area contributed by atoms with Crippen LogP contribution < -0.4 is 0 Å². The predicted octanol–water partition coefficient (Wildman–Crippen LogP) is 13.5. The Balaban J connectivity index is 1.24. The van der Waals surface area contributed by atoms with E-state index >= 15 is 0 Å². The molecule has 0 unspecified atom stereocenters. The molecular formula is C48H32. The van der Waals surface area contributed by atoms with Gasteiger partial charge in [-0.25, -0.2) is 0 Å².